The third kappa shape index (κ3) is 3.58. The molecule has 1 aliphatic carbocycles. The van der Waals surface area contributed by atoms with Gasteiger partial charge in [0.05, 0.1) is 4.90 Å². The summed E-state index contributed by atoms with van der Waals surface area (Å²) < 4.78 is 24.2. The van der Waals surface area contributed by atoms with Crippen molar-refractivity contribution in [3.05, 3.63) is 29.3 Å². The van der Waals surface area contributed by atoms with E-state index in [1.807, 2.05) is 19.9 Å². The second-order valence-corrected chi connectivity index (χ2v) is 7.22. The molecule has 0 saturated heterocycles. The molecule has 2 N–H and O–H groups in total. The zero-order chi connectivity index (χ0) is 14.8. The minimum Gasteiger partial charge on any atom is -0.278 e. The summed E-state index contributed by atoms with van der Waals surface area (Å²) in [5.41, 5.74) is 4.54. The zero-order valence-corrected chi connectivity index (χ0v) is 12.6. The summed E-state index contributed by atoms with van der Waals surface area (Å²) in [5.74, 6) is -0.149. The summed E-state index contributed by atoms with van der Waals surface area (Å²) >= 11 is 0. The van der Waals surface area contributed by atoms with Crippen molar-refractivity contribution in [1.29, 1.82) is 0 Å². The molecule has 1 aliphatic rings. The Bertz CT molecular complexity index is 609. The lowest BCUT2D eigenvalue weighted by Gasteiger charge is -2.10. The second-order valence-electron chi connectivity index (χ2n) is 5.54. The molecule has 0 aromatic heterocycles. The Morgan fingerprint density at radius 2 is 1.95 bits per heavy atom. The van der Waals surface area contributed by atoms with Crippen molar-refractivity contribution in [2.75, 3.05) is 0 Å². The number of fused-ring (bicyclic) bond motifs is 1. The number of benzene rings is 1. The molecule has 0 atom stereocenters. The largest absolute Gasteiger partial charge is 0.278 e. The molecule has 1 aromatic rings. The first kappa shape index (κ1) is 15.0. The first-order chi connectivity index (χ1) is 9.38. The van der Waals surface area contributed by atoms with Gasteiger partial charge in [0.1, 0.15) is 0 Å². The van der Waals surface area contributed by atoms with Crippen LogP contribution in [0.1, 0.15) is 37.8 Å². The first-order valence-corrected chi connectivity index (χ1v) is 8.29. The highest BCUT2D eigenvalue weighted by atomic mass is 32.2. The van der Waals surface area contributed by atoms with Gasteiger partial charge in [-0.15, -0.1) is 4.83 Å². The molecular weight excluding hydrogens is 276 g/mol. The molecule has 6 heteroatoms. The van der Waals surface area contributed by atoms with Gasteiger partial charge in [-0.3, -0.25) is 10.2 Å². The van der Waals surface area contributed by atoms with Crippen molar-refractivity contribution in [3.8, 4) is 0 Å². The maximum Gasteiger partial charge on any atom is 0.257 e. The highest BCUT2D eigenvalue weighted by molar-refractivity contribution is 7.89. The molecule has 110 valence electrons. The van der Waals surface area contributed by atoms with Gasteiger partial charge in [0.15, 0.2) is 0 Å². The Morgan fingerprint density at radius 3 is 2.65 bits per heavy atom. The van der Waals surface area contributed by atoms with Crippen LogP contribution in [0.2, 0.25) is 0 Å². The average molecular weight is 296 g/mol. The van der Waals surface area contributed by atoms with Gasteiger partial charge in [0, 0.05) is 6.42 Å². The SMILES string of the molecule is CC(C)CC(=O)NNS(=O)(=O)c1ccc2c(c1)CCC2. The predicted molar refractivity (Wildman–Crippen MR) is 76.4 cm³/mol. The highest BCUT2D eigenvalue weighted by Gasteiger charge is 2.19. The molecule has 1 amide bonds. The van der Waals surface area contributed by atoms with Crippen LogP contribution in [0.15, 0.2) is 23.1 Å². The Hall–Kier alpha value is -1.40. The zero-order valence-electron chi connectivity index (χ0n) is 11.8. The number of carbonyl (C=O) groups is 1. The number of amides is 1. The van der Waals surface area contributed by atoms with Crippen LogP contribution in [-0.2, 0) is 27.7 Å². The summed E-state index contributed by atoms with van der Waals surface area (Å²) in [7, 11) is -3.69. The Balaban J connectivity index is 2.05. The minimum absolute atomic E-state index is 0.180. The van der Waals surface area contributed by atoms with E-state index in [2.05, 4.69) is 10.3 Å². The summed E-state index contributed by atoms with van der Waals surface area (Å²) in [6.07, 6.45) is 3.27. The first-order valence-electron chi connectivity index (χ1n) is 6.81. The van der Waals surface area contributed by atoms with Crippen molar-refractivity contribution in [2.24, 2.45) is 5.92 Å². The molecule has 0 fully saturated rings. The van der Waals surface area contributed by atoms with E-state index in [0.717, 1.165) is 24.8 Å². The molecule has 2 rings (SSSR count). The van der Waals surface area contributed by atoms with Crippen molar-refractivity contribution in [1.82, 2.24) is 10.3 Å². The number of hydrogen-bond donors (Lipinski definition) is 2. The number of hydrazine groups is 1. The van der Waals surface area contributed by atoms with Gasteiger partial charge in [0.2, 0.25) is 5.91 Å². The van der Waals surface area contributed by atoms with E-state index in [-0.39, 0.29) is 23.1 Å². The van der Waals surface area contributed by atoms with Crippen LogP contribution in [0, 0.1) is 5.92 Å². The monoisotopic (exact) mass is 296 g/mol. The highest BCUT2D eigenvalue weighted by Crippen LogP contribution is 2.24. The Kier molecular flexibility index (Phi) is 4.45. The normalized spacial score (nSPS) is 14.3. The lowest BCUT2D eigenvalue weighted by Crippen LogP contribution is -2.41. The van der Waals surface area contributed by atoms with E-state index in [1.54, 1.807) is 12.1 Å². The van der Waals surface area contributed by atoms with Gasteiger partial charge in [-0.1, -0.05) is 19.9 Å². The van der Waals surface area contributed by atoms with Crippen LogP contribution in [0.3, 0.4) is 0 Å². The fourth-order valence-electron chi connectivity index (χ4n) is 2.32. The molecule has 0 spiro atoms. The summed E-state index contributed by atoms with van der Waals surface area (Å²) in [4.78, 5) is 13.8. The Labute approximate surface area is 119 Å². The minimum atomic E-state index is -3.69. The third-order valence-electron chi connectivity index (χ3n) is 3.30. The number of carbonyl (C=O) groups excluding carboxylic acids is 1. The van der Waals surface area contributed by atoms with Gasteiger partial charge >= 0.3 is 0 Å². The van der Waals surface area contributed by atoms with Gasteiger partial charge in [-0.2, -0.15) is 0 Å². The van der Waals surface area contributed by atoms with Crippen LogP contribution in [0.25, 0.3) is 0 Å². The molecular formula is C14H20N2O3S. The molecule has 1 aromatic carbocycles. The lowest BCUT2D eigenvalue weighted by molar-refractivity contribution is -0.122. The predicted octanol–water partition coefficient (Wildman–Crippen LogP) is 1.53. The molecule has 5 nitrogen and oxygen atoms in total. The maximum atomic E-state index is 12.1. The van der Waals surface area contributed by atoms with E-state index < -0.39 is 10.0 Å². The van der Waals surface area contributed by atoms with Gasteiger partial charge in [-0.25, -0.2) is 8.42 Å². The fourth-order valence-corrected chi connectivity index (χ4v) is 3.23. The second kappa shape index (κ2) is 5.93. The van der Waals surface area contributed by atoms with Crippen LogP contribution >= 0.6 is 0 Å². The fraction of sp³-hybridized carbons (Fsp3) is 0.500. The van der Waals surface area contributed by atoms with E-state index in [1.165, 1.54) is 5.56 Å². The Morgan fingerprint density at radius 1 is 1.25 bits per heavy atom. The average Bonchev–Trinajstić information content (AvgIpc) is 2.83. The van der Waals surface area contributed by atoms with E-state index in [9.17, 15) is 13.2 Å². The van der Waals surface area contributed by atoms with Crippen LogP contribution in [0.5, 0.6) is 0 Å². The van der Waals surface area contributed by atoms with Crippen molar-refractivity contribution < 1.29 is 13.2 Å². The third-order valence-corrected chi connectivity index (χ3v) is 4.54. The lowest BCUT2D eigenvalue weighted by atomic mass is 10.1. The number of nitrogens with one attached hydrogen (secondary N) is 2. The van der Waals surface area contributed by atoms with Crippen molar-refractivity contribution in [2.45, 2.75) is 44.4 Å². The van der Waals surface area contributed by atoms with Crippen LogP contribution in [0.4, 0.5) is 0 Å². The molecule has 0 radical (unpaired) electrons. The van der Waals surface area contributed by atoms with E-state index in [4.69, 9.17) is 0 Å². The molecule has 0 unspecified atom stereocenters. The van der Waals surface area contributed by atoms with Crippen molar-refractivity contribution >= 4 is 15.9 Å². The molecule has 0 saturated carbocycles. The van der Waals surface area contributed by atoms with Crippen molar-refractivity contribution in [3.63, 3.8) is 0 Å². The smallest absolute Gasteiger partial charge is 0.257 e. The van der Waals surface area contributed by atoms with Gasteiger partial charge in [0.25, 0.3) is 10.0 Å². The standard InChI is InChI=1S/C14H20N2O3S/c1-10(2)8-14(17)15-16-20(18,19)13-7-6-11-4-3-5-12(11)9-13/h6-7,9-10,16H,3-5,8H2,1-2H3,(H,15,17). The summed E-state index contributed by atoms with van der Waals surface area (Å²) in [5, 5.41) is 0. The maximum absolute atomic E-state index is 12.1. The number of aryl methyl sites for hydroxylation is 2. The summed E-state index contributed by atoms with van der Waals surface area (Å²) in [6, 6.07) is 5.13. The van der Waals surface area contributed by atoms with Crippen LogP contribution in [-0.4, -0.2) is 14.3 Å². The van der Waals surface area contributed by atoms with Gasteiger partial charge < -0.3 is 0 Å². The van der Waals surface area contributed by atoms with E-state index >= 15 is 0 Å². The topological polar surface area (TPSA) is 75.3 Å². The number of sulfonamides is 1. The van der Waals surface area contributed by atoms with Crippen LogP contribution < -0.4 is 10.3 Å². The quantitative estimate of drug-likeness (QED) is 0.809. The molecule has 20 heavy (non-hydrogen) atoms. The van der Waals surface area contributed by atoms with Gasteiger partial charge in [-0.05, 0) is 48.4 Å². The number of hydrogen-bond acceptors (Lipinski definition) is 3. The van der Waals surface area contributed by atoms with E-state index in [0.29, 0.717) is 0 Å². The number of rotatable bonds is 5. The molecule has 0 bridgehead atoms. The summed E-state index contributed by atoms with van der Waals surface area (Å²) in [6.45, 7) is 3.79. The molecule has 0 aliphatic heterocycles. The molecule has 0 heterocycles.